The van der Waals surface area contributed by atoms with Gasteiger partial charge in [0, 0.05) is 10.2 Å². The molecule has 0 fully saturated rings. The van der Waals surface area contributed by atoms with E-state index in [-0.39, 0.29) is 11.7 Å². The number of rotatable bonds is 3. The van der Waals surface area contributed by atoms with Crippen LogP contribution < -0.4 is 11.1 Å². The first-order chi connectivity index (χ1) is 7.95. The number of halogens is 2. The molecule has 1 amide bonds. The van der Waals surface area contributed by atoms with E-state index in [0.29, 0.717) is 15.2 Å². The zero-order chi connectivity index (χ0) is 13.0. The number of oxime groups is 1. The van der Waals surface area contributed by atoms with E-state index in [1.165, 1.54) is 6.92 Å². The van der Waals surface area contributed by atoms with Gasteiger partial charge >= 0.3 is 0 Å². The van der Waals surface area contributed by atoms with E-state index < -0.39 is 5.92 Å². The Morgan fingerprint density at radius 2 is 2.29 bits per heavy atom. The van der Waals surface area contributed by atoms with Crippen LogP contribution in [0, 0.1) is 5.92 Å². The molecule has 0 aliphatic heterocycles. The molecule has 1 aromatic rings. The fourth-order valence-electron chi connectivity index (χ4n) is 1.05. The molecule has 0 saturated heterocycles. The summed E-state index contributed by atoms with van der Waals surface area (Å²) < 4.78 is 0.674. The van der Waals surface area contributed by atoms with Crippen LogP contribution in [0.3, 0.4) is 0 Å². The Balaban J connectivity index is 2.78. The van der Waals surface area contributed by atoms with Gasteiger partial charge in [-0.3, -0.25) is 4.79 Å². The molecule has 0 spiro atoms. The van der Waals surface area contributed by atoms with Crippen molar-refractivity contribution in [1.82, 2.24) is 0 Å². The van der Waals surface area contributed by atoms with Crippen LogP contribution in [0.25, 0.3) is 0 Å². The van der Waals surface area contributed by atoms with Crippen LogP contribution in [0.5, 0.6) is 0 Å². The largest absolute Gasteiger partial charge is 0.409 e. The maximum Gasteiger partial charge on any atom is 0.234 e. The van der Waals surface area contributed by atoms with Crippen LogP contribution in [0.4, 0.5) is 5.69 Å². The predicted octanol–water partition coefficient (Wildman–Crippen LogP) is 2.42. The van der Waals surface area contributed by atoms with Crippen molar-refractivity contribution in [2.24, 2.45) is 16.8 Å². The van der Waals surface area contributed by atoms with Gasteiger partial charge in [-0.05, 0) is 41.1 Å². The molecule has 4 N–H and O–H groups in total. The summed E-state index contributed by atoms with van der Waals surface area (Å²) in [5, 5.41) is 14.4. The molecule has 0 saturated carbocycles. The normalized spacial score (nSPS) is 13.2. The van der Waals surface area contributed by atoms with Crippen molar-refractivity contribution >= 4 is 45.0 Å². The van der Waals surface area contributed by atoms with Crippen molar-refractivity contribution in [3.63, 3.8) is 0 Å². The summed E-state index contributed by atoms with van der Waals surface area (Å²) >= 11 is 9.06. The van der Waals surface area contributed by atoms with Gasteiger partial charge in [-0.15, -0.1) is 0 Å². The van der Waals surface area contributed by atoms with E-state index in [1.54, 1.807) is 18.2 Å². The average molecular weight is 321 g/mol. The summed E-state index contributed by atoms with van der Waals surface area (Å²) in [7, 11) is 0. The number of nitrogens with one attached hydrogen (secondary N) is 1. The lowest BCUT2D eigenvalue weighted by Crippen LogP contribution is -2.32. The molecule has 0 bridgehead atoms. The minimum absolute atomic E-state index is 0.143. The number of hydrogen-bond acceptors (Lipinski definition) is 3. The Morgan fingerprint density at radius 1 is 1.65 bits per heavy atom. The number of amides is 1. The second-order valence-electron chi connectivity index (χ2n) is 3.36. The maximum absolute atomic E-state index is 11.7. The van der Waals surface area contributed by atoms with E-state index in [1.807, 2.05) is 0 Å². The molecule has 0 heterocycles. The molecule has 1 atom stereocenters. The number of amidine groups is 1. The van der Waals surface area contributed by atoms with E-state index in [2.05, 4.69) is 26.4 Å². The van der Waals surface area contributed by atoms with Crippen molar-refractivity contribution in [2.75, 3.05) is 5.32 Å². The van der Waals surface area contributed by atoms with Gasteiger partial charge in [0.05, 0.1) is 10.9 Å². The van der Waals surface area contributed by atoms with E-state index in [0.717, 1.165) is 0 Å². The Bertz CT molecular complexity index is 465. The Kier molecular flexibility index (Phi) is 4.77. The Hall–Kier alpha value is -1.27. The smallest absolute Gasteiger partial charge is 0.234 e. The highest BCUT2D eigenvalue weighted by molar-refractivity contribution is 9.10. The summed E-state index contributed by atoms with van der Waals surface area (Å²) in [5.41, 5.74) is 5.91. The number of hydrogen-bond donors (Lipinski definition) is 3. The standard InChI is InChI=1S/C10H11BrClN3O2/c1-5(9(13)15-17)10(16)14-6-2-3-8(12)7(11)4-6/h2-5,17H,1H3,(H2,13,15)(H,14,16). The van der Waals surface area contributed by atoms with Gasteiger partial charge in [0.15, 0.2) is 5.84 Å². The SMILES string of the molecule is CC(C(=O)Nc1ccc(Cl)c(Br)c1)C(N)=NO. The van der Waals surface area contributed by atoms with Gasteiger partial charge in [-0.25, -0.2) is 0 Å². The Labute approximate surface area is 112 Å². The first-order valence-electron chi connectivity index (χ1n) is 4.69. The number of nitrogens with two attached hydrogens (primary N) is 1. The van der Waals surface area contributed by atoms with Crippen molar-refractivity contribution in [2.45, 2.75) is 6.92 Å². The second kappa shape index (κ2) is 5.88. The number of carbonyl (C=O) groups is 1. The molecule has 1 rings (SSSR count). The number of carbonyl (C=O) groups excluding carboxylic acids is 1. The molecule has 0 aromatic heterocycles. The average Bonchev–Trinajstić information content (AvgIpc) is 2.31. The molecular weight excluding hydrogens is 309 g/mol. The first kappa shape index (κ1) is 13.8. The summed E-state index contributed by atoms with van der Waals surface area (Å²) in [6.45, 7) is 1.54. The van der Waals surface area contributed by atoms with Crippen LogP contribution in [0.1, 0.15) is 6.92 Å². The van der Waals surface area contributed by atoms with Crippen LogP contribution in [0.2, 0.25) is 5.02 Å². The molecule has 7 heteroatoms. The van der Waals surface area contributed by atoms with Crippen LogP contribution >= 0.6 is 27.5 Å². The molecule has 92 valence electrons. The molecule has 5 nitrogen and oxygen atoms in total. The lowest BCUT2D eigenvalue weighted by Gasteiger charge is -2.11. The van der Waals surface area contributed by atoms with Crippen LogP contribution in [-0.2, 0) is 4.79 Å². The topological polar surface area (TPSA) is 87.7 Å². The van der Waals surface area contributed by atoms with Crippen molar-refractivity contribution in [3.05, 3.63) is 27.7 Å². The molecule has 1 unspecified atom stereocenters. The zero-order valence-corrected chi connectivity index (χ0v) is 11.3. The predicted molar refractivity (Wildman–Crippen MR) is 70.4 cm³/mol. The number of nitrogens with zero attached hydrogens (tertiary/aromatic N) is 1. The quantitative estimate of drug-likeness (QED) is 0.346. The molecule has 17 heavy (non-hydrogen) atoms. The first-order valence-corrected chi connectivity index (χ1v) is 5.86. The van der Waals surface area contributed by atoms with Gasteiger partial charge in [0.1, 0.15) is 0 Å². The Morgan fingerprint density at radius 3 is 2.82 bits per heavy atom. The molecule has 0 radical (unpaired) electrons. The van der Waals surface area contributed by atoms with Gasteiger partial charge in [0.2, 0.25) is 5.91 Å². The summed E-state index contributed by atoms with van der Waals surface area (Å²) in [5.74, 6) is -1.22. The zero-order valence-electron chi connectivity index (χ0n) is 8.95. The third-order valence-corrected chi connectivity index (χ3v) is 3.35. The van der Waals surface area contributed by atoms with Gasteiger partial charge in [-0.2, -0.15) is 0 Å². The lowest BCUT2D eigenvalue weighted by molar-refractivity contribution is -0.117. The number of anilines is 1. The van der Waals surface area contributed by atoms with E-state index in [9.17, 15) is 4.79 Å². The molecule has 0 aliphatic carbocycles. The summed E-state index contributed by atoms with van der Waals surface area (Å²) in [4.78, 5) is 11.7. The number of benzene rings is 1. The highest BCUT2D eigenvalue weighted by atomic mass is 79.9. The van der Waals surface area contributed by atoms with Crippen molar-refractivity contribution in [3.8, 4) is 0 Å². The molecule has 0 aliphatic rings. The fourth-order valence-corrected chi connectivity index (χ4v) is 1.54. The maximum atomic E-state index is 11.7. The van der Waals surface area contributed by atoms with Gasteiger partial charge in [-0.1, -0.05) is 16.8 Å². The monoisotopic (exact) mass is 319 g/mol. The minimum atomic E-state index is -0.713. The fraction of sp³-hybridized carbons (Fsp3) is 0.200. The van der Waals surface area contributed by atoms with Crippen LogP contribution in [-0.4, -0.2) is 17.0 Å². The van der Waals surface area contributed by atoms with Gasteiger partial charge in [0.25, 0.3) is 0 Å². The third kappa shape index (κ3) is 3.61. The molecular formula is C10H11BrClN3O2. The summed E-state index contributed by atoms with van der Waals surface area (Å²) in [6.07, 6.45) is 0. The van der Waals surface area contributed by atoms with E-state index in [4.69, 9.17) is 22.5 Å². The summed E-state index contributed by atoms with van der Waals surface area (Å²) in [6, 6.07) is 4.97. The van der Waals surface area contributed by atoms with E-state index >= 15 is 0 Å². The third-order valence-electron chi connectivity index (χ3n) is 2.14. The molecule has 1 aromatic carbocycles. The second-order valence-corrected chi connectivity index (χ2v) is 4.63. The minimum Gasteiger partial charge on any atom is -0.409 e. The highest BCUT2D eigenvalue weighted by Gasteiger charge is 2.17. The highest BCUT2D eigenvalue weighted by Crippen LogP contribution is 2.25. The van der Waals surface area contributed by atoms with Gasteiger partial charge < -0.3 is 16.3 Å². The van der Waals surface area contributed by atoms with Crippen LogP contribution in [0.15, 0.2) is 27.8 Å². The van der Waals surface area contributed by atoms with Crippen molar-refractivity contribution in [1.29, 1.82) is 0 Å². The van der Waals surface area contributed by atoms with Crippen molar-refractivity contribution < 1.29 is 10.0 Å². The lowest BCUT2D eigenvalue weighted by atomic mass is 10.1.